The van der Waals surface area contributed by atoms with Gasteiger partial charge in [0.1, 0.15) is 11.8 Å². The molecule has 0 saturated carbocycles. The Morgan fingerprint density at radius 2 is 1.53 bits per heavy atom. The second-order valence-corrected chi connectivity index (χ2v) is 9.02. The first-order chi connectivity index (χ1) is 17.6. The molecule has 36 heavy (non-hydrogen) atoms. The Balaban J connectivity index is 1.93. The van der Waals surface area contributed by atoms with Crippen LogP contribution in [0.1, 0.15) is 62.1 Å². The third-order valence-electron chi connectivity index (χ3n) is 6.49. The van der Waals surface area contributed by atoms with Gasteiger partial charge in [-0.3, -0.25) is 9.59 Å². The zero-order valence-electron chi connectivity index (χ0n) is 21.7. The maximum absolute atomic E-state index is 14.0. The Kier molecular flexibility index (Phi) is 10.6. The van der Waals surface area contributed by atoms with Gasteiger partial charge in [-0.05, 0) is 41.7 Å². The van der Waals surface area contributed by atoms with E-state index in [1.54, 1.807) is 12.0 Å². The number of amides is 2. The van der Waals surface area contributed by atoms with E-state index in [9.17, 15) is 9.59 Å². The van der Waals surface area contributed by atoms with Crippen molar-refractivity contribution in [2.24, 2.45) is 0 Å². The first kappa shape index (κ1) is 27.0. The molecule has 3 rings (SSSR count). The van der Waals surface area contributed by atoms with Crippen LogP contribution in [0.25, 0.3) is 0 Å². The molecule has 0 aromatic heterocycles. The number of carbonyl (C=O) groups is 2. The number of nitrogens with one attached hydrogen (secondary N) is 1. The first-order valence-electron chi connectivity index (χ1n) is 12.9. The predicted octanol–water partition coefficient (Wildman–Crippen LogP) is 5.94. The highest BCUT2D eigenvalue weighted by atomic mass is 16.5. The van der Waals surface area contributed by atoms with Crippen LogP contribution in [-0.2, 0) is 16.1 Å². The average Bonchev–Trinajstić information content (AvgIpc) is 2.92. The molecule has 3 aromatic rings. The molecule has 0 aliphatic heterocycles. The van der Waals surface area contributed by atoms with Crippen molar-refractivity contribution in [1.82, 2.24) is 10.2 Å². The smallest absolute Gasteiger partial charge is 0.242 e. The fourth-order valence-electron chi connectivity index (χ4n) is 4.48. The van der Waals surface area contributed by atoms with Crippen molar-refractivity contribution in [2.45, 2.75) is 58.0 Å². The van der Waals surface area contributed by atoms with Crippen molar-refractivity contribution in [3.05, 3.63) is 102 Å². The Morgan fingerprint density at radius 1 is 0.889 bits per heavy atom. The summed E-state index contributed by atoms with van der Waals surface area (Å²) in [5, 5.41) is 3.04. The van der Waals surface area contributed by atoms with Crippen LogP contribution in [0.2, 0.25) is 0 Å². The summed E-state index contributed by atoms with van der Waals surface area (Å²) in [5.41, 5.74) is 3.09. The number of ether oxygens (including phenoxy) is 1. The summed E-state index contributed by atoms with van der Waals surface area (Å²) >= 11 is 0. The molecule has 5 nitrogen and oxygen atoms in total. The summed E-state index contributed by atoms with van der Waals surface area (Å²) in [6.07, 6.45) is 2.72. The van der Waals surface area contributed by atoms with Crippen molar-refractivity contribution >= 4 is 11.8 Å². The molecule has 1 N–H and O–H groups in total. The lowest BCUT2D eigenvalue weighted by Crippen LogP contribution is -2.49. The van der Waals surface area contributed by atoms with E-state index in [2.05, 4.69) is 36.5 Å². The van der Waals surface area contributed by atoms with Gasteiger partial charge in [0, 0.05) is 25.4 Å². The normalized spacial score (nSPS) is 11.7. The van der Waals surface area contributed by atoms with Gasteiger partial charge < -0.3 is 15.0 Å². The summed E-state index contributed by atoms with van der Waals surface area (Å²) in [6.45, 7) is 5.01. The second-order valence-electron chi connectivity index (χ2n) is 9.02. The highest BCUT2D eigenvalue weighted by molar-refractivity contribution is 5.88. The number of unbranched alkanes of at least 4 members (excludes halogenated alkanes) is 1. The number of hydrogen-bond acceptors (Lipinski definition) is 3. The molecule has 1 atom stereocenters. The lowest BCUT2D eigenvalue weighted by Gasteiger charge is -2.32. The lowest BCUT2D eigenvalue weighted by molar-refractivity contribution is -0.141. The fourth-order valence-corrected chi connectivity index (χ4v) is 4.48. The molecule has 0 saturated heterocycles. The predicted molar refractivity (Wildman–Crippen MR) is 145 cm³/mol. The highest BCUT2D eigenvalue weighted by Gasteiger charge is 2.30. The van der Waals surface area contributed by atoms with Gasteiger partial charge in [-0.15, -0.1) is 0 Å². The van der Waals surface area contributed by atoms with Crippen molar-refractivity contribution in [3.8, 4) is 5.75 Å². The van der Waals surface area contributed by atoms with Crippen LogP contribution in [0.3, 0.4) is 0 Å². The van der Waals surface area contributed by atoms with Gasteiger partial charge in [0.15, 0.2) is 0 Å². The fraction of sp³-hybridized carbons (Fsp3) is 0.355. The second kappa shape index (κ2) is 14.1. The molecule has 0 aliphatic rings. The van der Waals surface area contributed by atoms with E-state index in [0.717, 1.165) is 35.3 Å². The SMILES string of the molecule is CCCCNC(=O)C(CC)N(Cc1cccc(OC)c1)C(=O)CC(c1ccccc1)c1ccccc1. The monoisotopic (exact) mass is 486 g/mol. The minimum atomic E-state index is -0.548. The van der Waals surface area contributed by atoms with Gasteiger partial charge in [-0.1, -0.05) is 93.1 Å². The van der Waals surface area contributed by atoms with Crippen LogP contribution in [0.15, 0.2) is 84.9 Å². The Morgan fingerprint density at radius 3 is 2.08 bits per heavy atom. The first-order valence-corrected chi connectivity index (χ1v) is 12.9. The molecule has 0 spiro atoms. The number of benzene rings is 3. The molecule has 0 radical (unpaired) electrons. The molecular formula is C31H38N2O3. The largest absolute Gasteiger partial charge is 0.497 e. The summed E-state index contributed by atoms with van der Waals surface area (Å²) in [4.78, 5) is 29.0. The number of nitrogens with zero attached hydrogens (tertiary/aromatic N) is 1. The third kappa shape index (κ3) is 7.45. The van der Waals surface area contributed by atoms with Gasteiger partial charge in [-0.2, -0.15) is 0 Å². The number of methoxy groups -OCH3 is 1. The number of hydrogen-bond donors (Lipinski definition) is 1. The van der Waals surface area contributed by atoms with Gasteiger partial charge >= 0.3 is 0 Å². The molecule has 0 bridgehead atoms. The molecular weight excluding hydrogens is 448 g/mol. The van der Waals surface area contributed by atoms with Crippen molar-refractivity contribution < 1.29 is 14.3 Å². The van der Waals surface area contributed by atoms with E-state index in [-0.39, 0.29) is 24.2 Å². The van der Waals surface area contributed by atoms with E-state index in [1.807, 2.05) is 67.6 Å². The minimum Gasteiger partial charge on any atom is -0.497 e. The van der Waals surface area contributed by atoms with Crippen LogP contribution in [-0.4, -0.2) is 36.4 Å². The Labute approximate surface area is 215 Å². The van der Waals surface area contributed by atoms with Crippen LogP contribution in [0, 0.1) is 0 Å². The van der Waals surface area contributed by atoms with E-state index in [1.165, 1.54) is 0 Å². The zero-order chi connectivity index (χ0) is 25.8. The molecule has 3 aromatic carbocycles. The molecule has 2 amide bonds. The molecule has 0 aliphatic carbocycles. The summed E-state index contributed by atoms with van der Waals surface area (Å²) in [6, 6.07) is 27.3. The molecule has 0 fully saturated rings. The lowest BCUT2D eigenvalue weighted by atomic mass is 9.88. The van der Waals surface area contributed by atoms with E-state index < -0.39 is 6.04 Å². The molecule has 5 heteroatoms. The minimum absolute atomic E-state index is 0.0481. The zero-order valence-corrected chi connectivity index (χ0v) is 21.7. The Bertz CT molecular complexity index is 1050. The van der Waals surface area contributed by atoms with Gasteiger partial charge in [0.2, 0.25) is 11.8 Å². The standard InChI is InChI=1S/C31H38N2O3/c1-4-6-20-32-31(35)29(5-2)33(23-24-14-13-19-27(21-24)36-3)30(34)22-28(25-15-9-7-10-16-25)26-17-11-8-12-18-26/h7-19,21,28-29H,4-6,20,22-23H2,1-3H3,(H,32,35). The van der Waals surface area contributed by atoms with Crippen molar-refractivity contribution in [1.29, 1.82) is 0 Å². The third-order valence-corrected chi connectivity index (χ3v) is 6.49. The van der Waals surface area contributed by atoms with Crippen molar-refractivity contribution in [3.63, 3.8) is 0 Å². The average molecular weight is 487 g/mol. The highest BCUT2D eigenvalue weighted by Crippen LogP contribution is 2.30. The van der Waals surface area contributed by atoms with E-state index in [4.69, 9.17) is 4.74 Å². The number of rotatable bonds is 13. The van der Waals surface area contributed by atoms with Gasteiger partial charge in [-0.25, -0.2) is 0 Å². The summed E-state index contributed by atoms with van der Waals surface area (Å²) in [7, 11) is 1.63. The summed E-state index contributed by atoms with van der Waals surface area (Å²) < 4.78 is 5.39. The summed E-state index contributed by atoms with van der Waals surface area (Å²) in [5.74, 6) is 0.478. The van der Waals surface area contributed by atoms with Crippen molar-refractivity contribution in [2.75, 3.05) is 13.7 Å². The topological polar surface area (TPSA) is 58.6 Å². The van der Waals surface area contributed by atoms with E-state index in [0.29, 0.717) is 19.5 Å². The Hall–Kier alpha value is -3.60. The maximum Gasteiger partial charge on any atom is 0.242 e. The molecule has 0 heterocycles. The van der Waals surface area contributed by atoms with Crippen LogP contribution in [0.5, 0.6) is 5.75 Å². The molecule has 1 unspecified atom stereocenters. The van der Waals surface area contributed by atoms with E-state index >= 15 is 0 Å². The van der Waals surface area contributed by atoms with Crippen LogP contribution < -0.4 is 10.1 Å². The van der Waals surface area contributed by atoms with Crippen LogP contribution in [0.4, 0.5) is 0 Å². The molecule has 190 valence electrons. The van der Waals surface area contributed by atoms with Crippen LogP contribution >= 0.6 is 0 Å². The van der Waals surface area contributed by atoms with Gasteiger partial charge in [0.25, 0.3) is 0 Å². The maximum atomic E-state index is 14.0. The van der Waals surface area contributed by atoms with Gasteiger partial charge in [0.05, 0.1) is 7.11 Å². The quantitative estimate of drug-likeness (QED) is 0.304. The number of carbonyl (C=O) groups excluding carboxylic acids is 2.